The van der Waals surface area contributed by atoms with E-state index in [1.807, 2.05) is 77.9 Å². The molecule has 74 heavy (non-hydrogen) atoms. The first-order valence-corrected chi connectivity index (χ1v) is 27.2. The highest BCUT2D eigenvalue weighted by atomic mass is 16.2. The van der Waals surface area contributed by atoms with Gasteiger partial charge in [-0.15, -0.1) is 0 Å². The number of hydrogen-bond donors (Lipinski definition) is 7. The average Bonchev–Trinajstić information content (AvgIpc) is 3.82. The maximum Gasteiger partial charge on any atom is 0.251 e. The van der Waals surface area contributed by atoms with Gasteiger partial charge in [-0.05, 0) is 129 Å². The number of amides is 7. The molecule has 0 unspecified atom stereocenters. The highest BCUT2D eigenvalue weighted by molar-refractivity contribution is 5.97. The van der Waals surface area contributed by atoms with E-state index in [1.54, 1.807) is 37.9 Å². The summed E-state index contributed by atoms with van der Waals surface area (Å²) >= 11 is 0. The van der Waals surface area contributed by atoms with E-state index >= 15 is 4.79 Å². The zero-order valence-corrected chi connectivity index (χ0v) is 45.1. The number of nitrogens with zero attached hydrogens (tertiary/aromatic N) is 2. The molecule has 1 saturated heterocycles. The summed E-state index contributed by atoms with van der Waals surface area (Å²) in [6.45, 7) is 15.6. The Balaban J connectivity index is 1.16. The normalized spacial score (nSPS) is 21.9. The molecule has 3 aromatic carbocycles. The predicted octanol–water partition coefficient (Wildman–Crippen LogP) is 5.08. The summed E-state index contributed by atoms with van der Waals surface area (Å²) in [5, 5.41) is 21.8. The molecule has 7 N–H and O–H groups in total. The van der Waals surface area contributed by atoms with Crippen molar-refractivity contribution in [2.45, 2.75) is 181 Å². The van der Waals surface area contributed by atoms with Gasteiger partial charge in [0, 0.05) is 31.1 Å². The molecule has 0 radical (unpaired) electrons. The van der Waals surface area contributed by atoms with Crippen LogP contribution in [-0.2, 0) is 54.6 Å². The Kier molecular flexibility index (Phi) is 18.4. The fraction of sp³-hybridized carbons (Fsp3) is 0.569. The summed E-state index contributed by atoms with van der Waals surface area (Å²) in [6, 6.07) is 15.6. The van der Waals surface area contributed by atoms with E-state index in [9.17, 15) is 28.8 Å². The van der Waals surface area contributed by atoms with Crippen molar-refractivity contribution in [1.82, 2.24) is 47.0 Å². The number of rotatable bonds is 18. The number of nitrogens with one attached hydrogen (secondary N) is 7. The van der Waals surface area contributed by atoms with Crippen LogP contribution in [0.15, 0.2) is 66.7 Å². The van der Waals surface area contributed by atoms with E-state index < -0.39 is 59.5 Å². The monoisotopic (exact) mass is 1020 g/mol. The van der Waals surface area contributed by atoms with Crippen LogP contribution < -0.4 is 37.2 Å². The summed E-state index contributed by atoms with van der Waals surface area (Å²) in [4.78, 5) is 104. The van der Waals surface area contributed by atoms with E-state index in [0.29, 0.717) is 30.5 Å². The lowest BCUT2D eigenvalue weighted by Gasteiger charge is -2.40. The van der Waals surface area contributed by atoms with Crippen LogP contribution in [0.25, 0.3) is 0 Å². The van der Waals surface area contributed by atoms with Crippen molar-refractivity contribution in [3.05, 3.63) is 106 Å². The lowest BCUT2D eigenvalue weighted by Crippen LogP contribution is -2.60. The molecule has 0 spiro atoms. The van der Waals surface area contributed by atoms with Crippen molar-refractivity contribution in [1.29, 1.82) is 0 Å². The summed E-state index contributed by atoms with van der Waals surface area (Å²) < 4.78 is 0. The molecule has 4 aliphatic rings. The molecule has 400 valence electrons. The number of hydrogen-bond acceptors (Lipinski definition) is 9. The van der Waals surface area contributed by atoms with Gasteiger partial charge in [0.25, 0.3) is 5.91 Å². The summed E-state index contributed by atoms with van der Waals surface area (Å²) in [6.07, 6.45) is 6.75. The molecular weight excluding hydrogens is 935 g/mol. The summed E-state index contributed by atoms with van der Waals surface area (Å²) in [7, 11) is 1.67. The third kappa shape index (κ3) is 12.7. The van der Waals surface area contributed by atoms with Crippen molar-refractivity contribution >= 4 is 41.4 Å². The largest absolute Gasteiger partial charge is 0.347 e. The molecule has 2 aliphatic heterocycles. The molecule has 2 heterocycles. The molecule has 9 atom stereocenters. The lowest BCUT2D eigenvalue weighted by molar-refractivity contribution is -0.146. The van der Waals surface area contributed by atoms with Crippen LogP contribution in [0.5, 0.6) is 0 Å². The topological polar surface area (TPSA) is 210 Å². The molecule has 2 aliphatic carbocycles. The molecule has 7 amide bonds. The van der Waals surface area contributed by atoms with Crippen LogP contribution in [0.2, 0.25) is 0 Å². The molecule has 3 aromatic rings. The van der Waals surface area contributed by atoms with Crippen LogP contribution in [-0.4, -0.2) is 114 Å². The van der Waals surface area contributed by atoms with Gasteiger partial charge in [-0.1, -0.05) is 109 Å². The first kappa shape index (κ1) is 55.6. The van der Waals surface area contributed by atoms with Gasteiger partial charge in [-0.3, -0.25) is 33.6 Å². The summed E-state index contributed by atoms with van der Waals surface area (Å²) in [5.41, 5.74) is 5.60. The minimum atomic E-state index is -0.976. The molecule has 16 heteroatoms. The van der Waals surface area contributed by atoms with Crippen molar-refractivity contribution in [3.8, 4) is 0 Å². The van der Waals surface area contributed by atoms with E-state index in [2.05, 4.69) is 55.4 Å². The van der Waals surface area contributed by atoms with Crippen LogP contribution >= 0.6 is 0 Å². The number of carbonyl (C=O) groups is 7. The Labute approximate surface area is 438 Å². The van der Waals surface area contributed by atoms with Crippen LogP contribution in [0.1, 0.15) is 156 Å². The van der Waals surface area contributed by atoms with Gasteiger partial charge in [0.15, 0.2) is 0 Å². The first-order valence-electron chi connectivity index (χ1n) is 27.2. The van der Waals surface area contributed by atoms with Crippen LogP contribution in [0.4, 0.5) is 0 Å². The van der Waals surface area contributed by atoms with Gasteiger partial charge < -0.3 is 47.0 Å². The maximum absolute atomic E-state index is 15.2. The SMILES string of the molecule is CCN[C@@H](C)C(=O)N[C@H](C(=O)N1Cc2cc(C(=O)N[C@H]3C[C@@H](C(=O)N[C@@H]4CCCc5ccccc54)N(C(=O)[C@@H](NC(=O)[C@H](C)NC)C(C)(C)C)C3)ccc2C[C@H]1C(=O)N[C@@H]1CCCc2ccccc21)C(CC)CC. The Bertz CT molecular complexity index is 2540. The van der Waals surface area contributed by atoms with Gasteiger partial charge >= 0.3 is 0 Å². The lowest BCUT2D eigenvalue weighted by atomic mass is 9.85. The molecule has 16 nitrogen and oxygen atoms in total. The number of carbonyl (C=O) groups excluding carboxylic acids is 7. The van der Waals surface area contributed by atoms with Gasteiger partial charge in [0.05, 0.1) is 24.2 Å². The Hall–Kier alpha value is -6.13. The van der Waals surface area contributed by atoms with Crippen LogP contribution in [0.3, 0.4) is 0 Å². The van der Waals surface area contributed by atoms with E-state index in [4.69, 9.17) is 0 Å². The second-order valence-electron chi connectivity index (χ2n) is 22.0. The van der Waals surface area contributed by atoms with Crippen molar-refractivity contribution in [3.63, 3.8) is 0 Å². The Morgan fingerprint density at radius 2 is 1.24 bits per heavy atom. The highest BCUT2D eigenvalue weighted by Gasteiger charge is 2.47. The number of likely N-dealkylation sites (tertiary alicyclic amines) is 1. The number of fused-ring (bicyclic) bond motifs is 3. The maximum atomic E-state index is 15.2. The fourth-order valence-electron chi connectivity index (χ4n) is 11.4. The zero-order chi connectivity index (χ0) is 53.4. The molecule has 0 bridgehead atoms. The number of benzene rings is 3. The molecule has 1 fully saturated rings. The second kappa shape index (κ2) is 24.5. The fourth-order valence-corrected chi connectivity index (χ4v) is 11.4. The standard InChI is InChI=1S/C58H81N9O7/c1-10-36(11-2)49(64-52(69)35(5)60-12-3)56(73)66-32-41-29-40(28-27-39(41)30-47(66)54(71)62-45-25-17-21-37-19-13-15-23-43(37)45)53(70)61-42-31-48(55(72)63-46-26-18-22-38-20-14-16-24-44(38)46)67(33-42)57(74)50(58(6,7)8)65-51(68)34(4)59-9/h13-16,19-20,23-24,27-29,34-36,42,45-50,59-60H,10-12,17-18,21-22,25-26,30-33H2,1-9H3,(H,61,70)(H,62,71)(H,63,72)(H,64,69)(H,65,68)/t34-,35-,42-,45+,46+,47-,48-,49-,50+/m0/s1. The first-order chi connectivity index (χ1) is 35.4. The Morgan fingerprint density at radius 1 is 0.662 bits per heavy atom. The van der Waals surface area contributed by atoms with E-state index in [1.165, 1.54) is 16.0 Å². The minimum absolute atomic E-state index is 0.0221. The smallest absolute Gasteiger partial charge is 0.251 e. The van der Waals surface area contributed by atoms with E-state index in [-0.39, 0.29) is 73.5 Å². The van der Waals surface area contributed by atoms with Crippen molar-refractivity contribution in [2.24, 2.45) is 11.3 Å². The van der Waals surface area contributed by atoms with Gasteiger partial charge in [-0.25, -0.2) is 0 Å². The third-order valence-electron chi connectivity index (χ3n) is 16.0. The van der Waals surface area contributed by atoms with Crippen molar-refractivity contribution in [2.75, 3.05) is 20.1 Å². The van der Waals surface area contributed by atoms with Gasteiger partial charge in [0.1, 0.15) is 24.2 Å². The molecule has 7 rings (SSSR count). The quantitative estimate of drug-likeness (QED) is 0.0905. The molecule has 0 aromatic heterocycles. The van der Waals surface area contributed by atoms with Crippen LogP contribution in [0, 0.1) is 11.3 Å². The second-order valence-corrected chi connectivity index (χ2v) is 22.0. The number of likely N-dealkylation sites (N-methyl/N-ethyl adjacent to an activating group) is 2. The zero-order valence-electron chi connectivity index (χ0n) is 45.1. The average molecular weight is 1020 g/mol. The van der Waals surface area contributed by atoms with Gasteiger partial charge in [-0.2, -0.15) is 0 Å². The number of aryl methyl sites for hydroxylation is 2. The highest BCUT2D eigenvalue weighted by Crippen LogP contribution is 2.34. The predicted molar refractivity (Wildman–Crippen MR) is 285 cm³/mol. The minimum Gasteiger partial charge on any atom is -0.347 e. The molecular formula is C58H81N9O7. The molecule has 0 saturated carbocycles. The Morgan fingerprint density at radius 3 is 1.81 bits per heavy atom. The third-order valence-corrected chi connectivity index (χ3v) is 16.0. The van der Waals surface area contributed by atoms with Crippen molar-refractivity contribution < 1.29 is 33.6 Å². The van der Waals surface area contributed by atoms with Gasteiger partial charge in [0.2, 0.25) is 35.4 Å². The van der Waals surface area contributed by atoms with E-state index in [0.717, 1.165) is 55.2 Å². The summed E-state index contributed by atoms with van der Waals surface area (Å²) in [5.74, 6) is -2.68.